The number of hydrogen-bond donors (Lipinski definition) is 2. The Morgan fingerprint density at radius 3 is 2.33 bits per heavy atom. The van der Waals surface area contributed by atoms with Crippen molar-refractivity contribution in [3.05, 3.63) is 34.3 Å². The number of rotatable bonds is 4. The Kier molecular flexibility index (Phi) is 4.56. The van der Waals surface area contributed by atoms with Crippen molar-refractivity contribution in [3.8, 4) is 0 Å². The first-order valence-corrected chi connectivity index (χ1v) is 6.76. The topological polar surface area (TPSA) is 55.1 Å². The zero-order valence-corrected chi connectivity index (χ0v) is 13.0. The highest BCUT2D eigenvalue weighted by molar-refractivity contribution is 9.10. The molecule has 1 rings (SSSR count). The van der Waals surface area contributed by atoms with Gasteiger partial charge in [0.2, 0.25) is 5.91 Å². The molecule has 0 atom stereocenters. The van der Waals surface area contributed by atoms with Gasteiger partial charge in [-0.3, -0.25) is 4.79 Å². The number of hydrogen-bond acceptors (Lipinski definition) is 2. The van der Waals surface area contributed by atoms with Gasteiger partial charge < -0.3 is 11.1 Å². The minimum Gasteiger partial charge on any atom is -0.351 e. The maximum atomic E-state index is 12.2. The fourth-order valence-electron chi connectivity index (χ4n) is 1.33. The number of nitrogens with one attached hydrogen (secondary N) is 1. The highest BCUT2D eigenvalue weighted by Crippen LogP contribution is 2.28. The summed E-state index contributed by atoms with van der Waals surface area (Å²) in [5.74, 6) is -0.0363. The molecule has 4 heteroatoms. The standard InChI is InChI=1S/C14H21BrN2O/c1-13(2,14(3,4)16)12(18)17-9-10-7-5-6-8-11(10)15/h5-8H,9,16H2,1-4H3,(H,17,18). The van der Waals surface area contributed by atoms with Gasteiger partial charge in [-0.2, -0.15) is 0 Å². The molecular weight excluding hydrogens is 292 g/mol. The fourth-order valence-corrected chi connectivity index (χ4v) is 1.76. The van der Waals surface area contributed by atoms with Crippen molar-refractivity contribution in [2.75, 3.05) is 0 Å². The van der Waals surface area contributed by atoms with Crippen molar-refractivity contribution in [2.45, 2.75) is 39.8 Å². The van der Waals surface area contributed by atoms with Crippen molar-refractivity contribution in [3.63, 3.8) is 0 Å². The number of carbonyl (C=O) groups excluding carboxylic acids is 1. The summed E-state index contributed by atoms with van der Waals surface area (Å²) in [4.78, 5) is 12.2. The zero-order valence-electron chi connectivity index (χ0n) is 11.4. The average Bonchev–Trinajstić information content (AvgIpc) is 2.26. The molecule has 0 heterocycles. The lowest BCUT2D eigenvalue weighted by Gasteiger charge is -2.36. The van der Waals surface area contributed by atoms with E-state index in [1.54, 1.807) is 0 Å². The molecule has 18 heavy (non-hydrogen) atoms. The predicted octanol–water partition coefficient (Wildman–Crippen LogP) is 2.83. The van der Waals surface area contributed by atoms with Crippen LogP contribution in [0, 0.1) is 5.41 Å². The molecule has 0 saturated heterocycles. The molecule has 0 bridgehead atoms. The monoisotopic (exact) mass is 312 g/mol. The Bertz CT molecular complexity index is 436. The fraction of sp³-hybridized carbons (Fsp3) is 0.500. The van der Waals surface area contributed by atoms with Crippen molar-refractivity contribution >= 4 is 21.8 Å². The van der Waals surface area contributed by atoms with Gasteiger partial charge in [-0.1, -0.05) is 34.1 Å². The second-order valence-electron chi connectivity index (χ2n) is 5.62. The van der Waals surface area contributed by atoms with E-state index in [-0.39, 0.29) is 5.91 Å². The molecule has 0 fully saturated rings. The van der Waals surface area contributed by atoms with Crippen LogP contribution < -0.4 is 11.1 Å². The minimum atomic E-state index is -0.617. The van der Waals surface area contributed by atoms with Crippen LogP contribution in [0.25, 0.3) is 0 Å². The highest BCUT2D eigenvalue weighted by Gasteiger charge is 2.40. The van der Waals surface area contributed by atoms with Gasteiger partial charge >= 0.3 is 0 Å². The smallest absolute Gasteiger partial charge is 0.227 e. The van der Waals surface area contributed by atoms with Gasteiger partial charge in [0.25, 0.3) is 0 Å². The number of benzene rings is 1. The van der Waals surface area contributed by atoms with Crippen LogP contribution in [0.2, 0.25) is 0 Å². The third-order valence-corrected chi connectivity index (χ3v) is 4.35. The molecule has 0 aliphatic heterocycles. The second-order valence-corrected chi connectivity index (χ2v) is 6.48. The summed E-state index contributed by atoms with van der Waals surface area (Å²) < 4.78 is 0.995. The average molecular weight is 313 g/mol. The Morgan fingerprint density at radius 1 is 1.28 bits per heavy atom. The first-order chi connectivity index (χ1) is 8.16. The van der Waals surface area contributed by atoms with E-state index in [1.807, 2.05) is 52.0 Å². The van der Waals surface area contributed by atoms with Gasteiger partial charge in [0, 0.05) is 16.6 Å². The highest BCUT2D eigenvalue weighted by atomic mass is 79.9. The molecule has 0 unspecified atom stereocenters. The summed E-state index contributed by atoms with van der Waals surface area (Å²) in [5.41, 5.74) is 5.91. The van der Waals surface area contributed by atoms with Crippen LogP contribution in [-0.2, 0) is 11.3 Å². The predicted molar refractivity (Wildman–Crippen MR) is 78.0 cm³/mol. The van der Waals surface area contributed by atoms with Gasteiger partial charge in [-0.25, -0.2) is 0 Å². The summed E-state index contributed by atoms with van der Waals surface area (Å²) >= 11 is 3.46. The van der Waals surface area contributed by atoms with Crippen molar-refractivity contribution in [2.24, 2.45) is 11.1 Å². The first kappa shape index (κ1) is 15.2. The largest absolute Gasteiger partial charge is 0.351 e. The third-order valence-electron chi connectivity index (χ3n) is 3.58. The van der Waals surface area contributed by atoms with E-state index in [2.05, 4.69) is 21.2 Å². The number of carbonyl (C=O) groups is 1. The molecule has 1 amide bonds. The molecule has 0 aliphatic carbocycles. The van der Waals surface area contributed by atoms with E-state index in [9.17, 15) is 4.79 Å². The number of halogens is 1. The van der Waals surface area contributed by atoms with Gasteiger partial charge in [-0.05, 0) is 39.3 Å². The van der Waals surface area contributed by atoms with Crippen LogP contribution in [0.3, 0.4) is 0 Å². The van der Waals surface area contributed by atoms with Crippen molar-refractivity contribution in [1.29, 1.82) is 0 Å². The Morgan fingerprint density at radius 2 is 1.83 bits per heavy atom. The molecule has 1 aromatic carbocycles. The van der Waals surface area contributed by atoms with E-state index in [1.165, 1.54) is 0 Å². The molecule has 0 saturated carbocycles. The summed E-state index contributed by atoms with van der Waals surface area (Å²) in [6.07, 6.45) is 0. The van der Waals surface area contributed by atoms with Crippen molar-refractivity contribution < 1.29 is 4.79 Å². The Labute approximate surface area is 117 Å². The van der Waals surface area contributed by atoms with Crippen LogP contribution >= 0.6 is 15.9 Å². The molecule has 0 aromatic heterocycles. The third kappa shape index (κ3) is 3.33. The Balaban J connectivity index is 2.71. The molecular formula is C14H21BrN2O. The number of nitrogens with two attached hydrogens (primary N) is 1. The molecule has 0 spiro atoms. The van der Waals surface area contributed by atoms with Crippen LogP contribution in [-0.4, -0.2) is 11.4 Å². The van der Waals surface area contributed by atoms with E-state index in [4.69, 9.17) is 5.73 Å². The van der Waals surface area contributed by atoms with Gasteiger partial charge in [0.1, 0.15) is 0 Å². The zero-order chi connectivity index (χ0) is 14.0. The summed E-state index contributed by atoms with van der Waals surface area (Å²) in [6, 6.07) is 7.83. The maximum absolute atomic E-state index is 12.2. The summed E-state index contributed by atoms with van der Waals surface area (Å²) in [5, 5.41) is 2.94. The second kappa shape index (κ2) is 5.41. The van der Waals surface area contributed by atoms with E-state index < -0.39 is 11.0 Å². The lowest BCUT2D eigenvalue weighted by molar-refractivity contribution is -0.132. The normalized spacial score (nSPS) is 12.3. The van der Waals surface area contributed by atoms with E-state index in [0.717, 1.165) is 10.0 Å². The van der Waals surface area contributed by atoms with E-state index in [0.29, 0.717) is 6.54 Å². The van der Waals surface area contributed by atoms with Crippen LogP contribution in [0.1, 0.15) is 33.3 Å². The lowest BCUT2D eigenvalue weighted by atomic mass is 9.74. The van der Waals surface area contributed by atoms with E-state index >= 15 is 0 Å². The van der Waals surface area contributed by atoms with Crippen LogP contribution in [0.5, 0.6) is 0 Å². The summed E-state index contributed by atoms with van der Waals surface area (Å²) in [7, 11) is 0. The van der Waals surface area contributed by atoms with Gasteiger partial charge in [0.15, 0.2) is 0 Å². The van der Waals surface area contributed by atoms with Gasteiger partial charge in [-0.15, -0.1) is 0 Å². The quantitative estimate of drug-likeness (QED) is 0.898. The van der Waals surface area contributed by atoms with Gasteiger partial charge in [0.05, 0.1) is 5.41 Å². The lowest BCUT2D eigenvalue weighted by Crippen LogP contribution is -2.55. The molecule has 1 aromatic rings. The molecule has 100 valence electrons. The molecule has 3 N–H and O–H groups in total. The van der Waals surface area contributed by atoms with Crippen LogP contribution in [0.4, 0.5) is 0 Å². The summed E-state index contributed by atoms with van der Waals surface area (Å²) in [6.45, 7) is 7.96. The maximum Gasteiger partial charge on any atom is 0.227 e. The van der Waals surface area contributed by atoms with Crippen molar-refractivity contribution in [1.82, 2.24) is 5.32 Å². The SMILES string of the molecule is CC(C)(N)C(C)(C)C(=O)NCc1ccccc1Br. The Hall–Kier alpha value is -0.870. The molecule has 0 aliphatic rings. The first-order valence-electron chi connectivity index (χ1n) is 5.97. The minimum absolute atomic E-state index is 0.0363. The molecule has 0 radical (unpaired) electrons. The number of amides is 1. The van der Waals surface area contributed by atoms with Crippen LogP contribution in [0.15, 0.2) is 28.7 Å². The molecule has 3 nitrogen and oxygen atoms in total.